The molecule has 0 radical (unpaired) electrons. The summed E-state index contributed by atoms with van der Waals surface area (Å²) in [5.41, 5.74) is 0.606. The maximum Gasteiger partial charge on any atom is 0.326 e. The van der Waals surface area contributed by atoms with E-state index in [1.165, 1.54) is 30.8 Å². The molecule has 3 atom stereocenters. The first-order chi connectivity index (χ1) is 14.5. The Morgan fingerprint density at radius 1 is 1.00 bits per heavy atom. The highest BCUT2D eigenvalue weighted by atomic mass is 32.2. The summed E-state index contributed by atoms with van der Waals surface area (Å²) in [6.07, 6.45) is 7.28. The van der Waals surface area contributed by atoms with Crippen molar-refractivity contribution < 1.29 is 24.3 Å². The van der Waals surface area contributed by atoms with Crippen molar-refractivity contribution in [1.82, 2.24) is 16.0 Å². The van der Waals surface area contributed by atoms with Gasteiger partial charge in [0.15, 0.2) is 0 Å². The third kappa shape index (κ3) is 12.0. The number of amides is 3. The molecular weight excluding hydrogens is 418 g/mol. The molecule has 0 aliphatic rings. The number of carboxylic acid groups (broad SMARTS) is 1. The second kappa shape index (κ2) is 15.3. The Hall–Kier alpha value is -2.55. The first kappa shape index (κ1) is 28.5. The number of aliphatic carboxylic acids is 1. The van der Waals surface area contributed by atoms with Gasteiger partial charge in [-0.25, -0.2) is 4.79 Å². The van der Waals surface area contributed by atoms with Crippen LogP contribution in [0.25, 0.3) is 0 Å². The molecule has 8 nitrogen and oxygen atoms in total. The molecule has 4 N–H and O–H groups in total. The maximum atomic E-state index is 12.9. The van der Waals surface area contributed by atoms with E-state index in [0.717, 1.165) is 0 Å². The molecule has 0 aromatic rings. The van der Waals surface area contributed by atoms with Crippen LogP contribution in [0.2, 0.25) is 0 Å². The SMILES string of the molecule is C=C/C=C(\C=C)CC(NC(=O)C(CC(C)C)NC(=O)C(CCSC)NC(C)=O)C(=O)O. The molecule has 174 valence electrons. The van der Waals surface area contributed by atoms with Crippen LogP contribution in [0.1, 0.15) is 40.0 Å². The summed E-state index contributed by atoms with van der Waals surface area (Å²) in [4.78, 5) is 48.7. The third-order valence-electron chi connectivity index (χ3n) is 4.29. The van der Waals surface area contributed by atoms with Crippen LogP contribution in [0.4, 0.5) is 0 Å². The highest BCUT2D eigenvalue weighted by molar-refractivity contribution is 7.98. The summed E-state index contributed by atoms with van der Waals surface area (Å²) in [6, 6.07) is -2.90. The van der Waals surface area contributed by atoms with Crippen LogP contribution < -0.4 is 16.0 Å². The zero-order chi connectivity index (χ0) is 24.0. The number of carboxylic acids is 1. The number of nitrogens with one attached hydrogen (secondary N) is 3. The van der Waals surface area contributed by atoms with Gasteiger partial charge in [0.25, 0.3) is 0 Å². The predicted molar refractivity (Wildman–Crippen MR) is 125 cm³/mol. The zero-order valence-electron chi connectivity index (χ0n) is 18.8. The average Bonchev–Trinajstić information content (AvgIpc) is 2.68. The number of carbonyl (C=O) groups excluding carboxylic acids is 3. The van der Waals surface area contributed by atoms with Crippen LogP contribution in [0.15, 0.2) is 37.0 Å². The second-order valence-electron chi connectivity index (χ2n) is 7.51. The van der Waals surface area contributed by atoms with Crippen LogP contribution in [0.5, 0.6) is 0 Å². The van der Waals surface area contributed by atoms with Crippen LogP contribution in [0, 0.1) is 5.92 Å². The molecule has 0 aromatic carbocycles. The monoisotopic (exact) mass is 453 g/mol. The fourth-order valence-electron chi connectivity index (χ4n) is 2.80. The summed E-state index contributed by atoms with van der Waals surface area (Å²) in [6.45, 7) is 12.3. The fourth-order valence-corrected chi connectivity index (χ4v) is 3.28. The highest BCUT2D eigenvalue weighted by Gasteiger charge is 2.29. The number of hydrogen-bond donors (Lipinski definition) is 4. The molecule has 0 aliphatic heterocycles. The van der Waals surface area contributed by atoms with E-state index in [1.54, 1.807) is 6.08 Å². The number of allylic oxidation sites excluding steroid dienone is 3. The van der Waals surface area contributed by atoms with Gasteiger partial charge in [0.2, 0.25) is 17.7 Å². The molecule has 0 heterocycles. The summed E-state index contributed by atoms with van der Waals surface area (Å²) >= 11 is 1.54. The smallest absolute Gasteiger partial charge is 0.326 e. The third-order valence-corrected chi connectivity index (χ3v) is 4.94. The minimum Gasteiger partial charge on any atom is -0.480 e. The van der Waals surface area contributed by atoms with Gasteiger partial charge in [-0.1, -0.05) is 45.2 Å². The van der Waals surface area contributed by atoms with E-state index >= 15 is 0 Å². The Morgan fingerprint density at radius 2 is 1.58 bits per heavy atom. The van der Waals surface area contributed by atoms with E-state index in [1.807, 2.05) is 20.1 Å². The Labute approximate surface area is 189 Å². The van der Waals surface area contributed by atoms with Gasteiger partial charge >= 0.3 is 5.97 Å². The number of thioether (sulfide) groups is 1. The lowest BCUT2D eigenvalue weighted by molar-refractivity contribution is -0.142. The van der Waals surface area contributed by atoms with Gasteiger partial charge in [0.05, 0.1) is 0 Å². The van der Waals surface area contributed by atoms with E-state index in [0.29, 0.717) is 24.2 Å². The molecule has 0 aliphatic carbocycles. The number of hydrogen-bond acceptors (Lipinski definition) is 5. The molecule has 0 saturated carbocycles. The second-order valence-corrected chi connectivity index (χ2v) is 8.50. The van der Waals surface area contributed by atoms with E-state index in [-0.39, 0.29) is 18.2 Å². The van der Waals surface area contributed by atoms with Crippen molar-refractivity contribution in [2.75, 3.05) is 12.0 Å². The van der Waals surface area contributed by atoms with Gasteiger partial charge in [-0.15, -0.1) is 0 Å². The summed E-state index contributed by atoms with van der Waals surface area (Å²) in [5.74, 6) is -1.90. The Bertz CT molecular complexity index is 691. The molecule has 0 aromatic heterocycles. The van der Waals surface area contributed by atoms with Gasteiger partial charge in [0.1, 0.15) is 18.1 Å². The van der Waals surface area contributed by atoms with E-state index < -0.39 is 35.9 Å². The normalized spacial score (nSPS) is 14.2. The fraction of sp³-hybridized carbons (Fsp3) is 0.545. The molecule has 0 bridgehead atoms. The van der Waals surface area contributed by atoms with Crippen molar-refractivity contribution in [2.45, 2.75) is 58.2 Å². The largest absolute Gasteiger partial charge is 0.480 e. The summed E-state index contributed by atoms with van der Waals surface area (Å²) in [7, 11) is 0. The molecule has 9 heteroatoms. The molecular formula is C22H35N3O5S. The first-order valence-electron chi connectivity index (χ1n) is 10.1. The lowest BCUT2D eigenvalue weighted by Crippen LogP contribution is -2.56. The van der Waals surface area contributed by atoms with Gasteiger partial charge in [-0.05, 0) is 36.3 Å². The van der Waals surface area contributed by atoms with Gasteiger partial charge in [-0.3, -0.25) is 14.4 Å². The number of rotatable bonds is 15. The lowest BCUT2D eigenvalue weighted by atomic mass is 10.0. The van der Waals surface area contributed by atoms with Crippen LogP contribution in [-0.4, -0.2) is 58.9 Å². The molecule has 3 amide bonds. The summed E-state index contributed by atoms with van der Waals surface area (Å²) in [5, 5.41) is 17.3. The molecule has 0 spiro atoms. The van der Waals surface area contributed by atoms with Crippen molar-refractivity contribution in [3.63, 3.8) is 0 Å². The first-order valence-corrected chi connectivity index (χ1v) is 11.5. The highest BCUT2D eigenvalue weighted by Crippen LogP contribution is 2.11. The molecule has 3 unspecified atom stereocenters. The lowest BCUT2D eigenvalue weighted by Gasteiger charge is -2.25. The quantitative estimate of drug-likeness (QED) is 0.281. The van der Waals surface area contributed by atoms with E-state index in [4.69, 9.17) is 0 Å². The van der Waals surface area contributed by atoms with E-state index in [2.05, 4.69) is 29.1 Å². The van der Waals surface area contributed by atoms with Gasteiger partial charge in [-0.2, -0.15) is 11.8 Å². The van der Waals surface area contributed by atoms with Gasteiger partial charge in [0, 0.05) is 13.3 Å². The Kier molecular flexibility index (Phi) is 14.0. The standard InChI is InChI=1S/C22H35N3O5S/c1-7-9-16(8-2)13-19(22(29)30)25-21(28)18(12-14(3)4)24-20(27)17(10-11-31-6)23-15(5)26/h7-9,14,17-19H,1-2,10-13H2,3-6H3,(H,23,26)(H,24,27)(H,25,28)(H,29,30)/b16-9+. The van der Waals surface area contributed by atoms with Crippen LogP contribution >= 0.6 is 11.8 Å². The summed E-state index contributed by atoms with van der Waals surface area (Å²) < 4.78 is 0. The zero-order valence-corrected chi connectivity index (χ0v) is 19.6. The van der Waals surface area contributed by atoms with Gasteiger partial charge < -0.3 is 21.1 Å². The van der Waals surface area contributed by atoms with E-state index in [9.17, 15) is 24.3 Å². The minimum atomic E-state index is -1.20. The molecule has 31 heavy (non-hydrogen) atoms. The molecule has 0 saturated heterocycles. The number of carbonyl (C=O) groups is 4. The molecule has 0 rings (SSSR count). The van der Waals surface area contributed by atoms with Crippen molar-refractivity contribution in [1.29, 1.82) is 0 Å². The predicted octanol–water partition coefficient (Wildman–Crippen LogP) is 2.03. The van der Waals surface area contributed by atoms with Crippen molar-refractivity contribution in [3.05, 3.63) is 37.0 Å². The topological polar surface area (TPSA) is 125 Å². The van der Waals surface area contributed by atoms with Crippen molar-refractivity contribution >= 4 is 35.5 Å². The Balaban J connectivity index is 5.47. The Morgan fingerprint density at radius 3 is 2.03 bits per heavy atom. The molecule has 0 fully saturated rings. The van der Waals surface area contributed by atoms with Crippen LogP contribution in [-0.2, 0) is 19.2 Å². The van der Waals surface area contributed by atoms with Crippen molar-refractivity contribution in [3.8, 4) is 0 Å². The maximum absolute atomic E-state index is 12.9. The van der Waals surface area contributed by atoms with Crippen molar-refractivity contribution in [2.24, 2.45) is 5.92 Å². The van der Waals surface area contributed by atoms with Crippen LogP contribution in [0.3, 0.4) is 0 Å². The minimum absolute atomic E-state index is 0.0289. The average molecular weight is 454 g/mol.